The maximum absolute atomic E-state index is 11.8. The summed E-state index contributed by atoms with van der Waals surface area (Å²) in [6.07, 6.45) is 2.47. The van der Waals surface area contributed by atoms with Gasteiger partial charge >= 0.3 is 0 Å². The van der Waals surface area contributed by atoms with Crippen molar-refractivity contribution in [1.82, 2.24) is 9.78 Å². The Hall–Kier alpha value is -0.860. The Kier molecular flexibility index (Phi) is 0.817. The average Bonchev–Trinajstić information content (AvgIpc) is 1.87. The summed E-state index contributed by atoms with van der Waals surface area (Å²) in [5, 5.41) is 3.56. The minimum atomic E-state index is -0.289. The van der Waals surface area contributed by atoms with E-state index in [1.165, 1.54) is 17.1 Å². The molecule has 0 aliphatic heterocycles. The van der Waals surface area contributed by atoms with Crippen molar-refractivity contribution < 1.29 is 4.39 Å². The molecule has 1 rings (SSSR count). The number of hydrogen-bond acceptors (Lipinski definition) is 1. The minimum absolute atomic E-state index is 0.289. The summed E-state index contributed by atoms with van der Waals surface area (Å²) < 4.78 is 13.3. The standard InChI is InChI=1S/C4H5FN2/c1-7-3-4(5)2-6-7/h2-3H,1H3. The first-order valence-electron chi connectivity index (χ1n) is 1.93. The Bertz CT molecular complexity index is 142. The van der Waals surface area contributed by atoms with Crippen molar-refractivity contribution in [3.63, 3.8) is 0 Å². The number of hydrogen-bond donors (Lipinski definition) is 0. The molecular weight excluding hydrogens is 95.1 g/mol. The van der Waals surface area contributed by atoms with E-state index < -0.39 is 0 Å². The fourth-order valence-corrected chi connectivity index (χ4v) is 0.391. The Morgan fingerprint density at radius 3 is 2.71 bits per heavy atom. The first-order chi connectivity index (χ1) is 3.29. The molecule has 1 aromatic rings. The van der Waals surface area contributed by atoms with Gasteiger partial charge in [0.1, 0.15) is 0 Å². The topological polar surface area (TPSA) is 17.8 Å². The lowest BCUT2D eigenvalue weighted by Gasteiger charge is -1.77. The van der Waals surface area contributed by atoms with Crippen molar-refractivity contribution in [2.75, 3.05) is 0 Å². The van der Waals surface area contributed by atoms with Gasteiger partial charge in [0.2, 0.25) is 0 Å². The zero-order chi connectivity index (χ0) is 5.28. The van der Waals surface area contributed by atoms with E-state index in [0.29, 0.717) is 0 Å². The fourth-order valence-electron chi connectivity index (χ4n) is 0.391. The molecule has 0 radical (unpaired) electrons. The third-order valence-corrected chi connectivity index (χ3v) is 0.673. The second-order valence-electron chi connectivity index (χ2n) is 1.33. The SMILES string of the molecule is Cn1cc(F)cn1. The summed E-state index contributed by atoms with van der Waals surface area (Å²) in [5.41, 5.74) is 0. The molecule has 7 heavy (non-hydrogen) atoms. The third-order valence-electron chi connectivity index (χ3n) is 0.673. The molecule has 38 valence electrons. The van der Waals surface area contributed by atoms with Crippen molar-refractivity contribution in [2.45, 2.75) is 0 Å². The summed E-state index contributed by atoms with van der Waals surface area (Å²) in [6, 6.07) is 0. The van der Waals surface area contributed by atoms with Crippen molar-refractivity contribution in [3.05, 3.63) is 18.2 Å². The van der Waals surface area contributed by atoms with Crippen molar-refractivity contribution in [3.8, 4) is 0 Å². The molecule has 0 aliphatic carbocycles. The van der Waals surface area contributed by atoms with Gasteiger partial charge in [0.25, 0.3) is 0 Å². The molecule has 0 amide bonds. The highest BCUT2D eigenvalue weighted by atomic mass is 19.1. The summed E-state index contributed by atoms with van der Waals surface area (Å²) in [5.74, 6) is -0.289. The Morgan fingerprint density at radius 1 is 1.86 bits per heavy atom. The molecule has 0 bridgehead atoms. The van der Waals surface area contributed by atoms with Gasteiger partial charge in [-0.2, -0.15) is 5.10 Å². The Labute approximate surface area is 40.6 Å². The van der Waals surface area contributed by atoms with E-state index in [-0.39, 0.29) is 5.82 Å². The van der Waals surface area contributed by atoms with Gasteiger partial charge in [0.05, 0.1) is 12.4 Å². The van der Waals surface area contributed by atoms with E-state index in [1.807, 2.05) is 0 Å². The van der Waals surface area contributed by atoms with E-state index in [9.17, 15) is 4.39 Å². The van der Waals surface area contributed by atoms with Crippen LogP contribution in [0.3, 0.4) is 0 Å². The third kappa shape index (κ3) is 0.765. The van der Waals surface area contributed by atoms with E-state index in [2.05, 4.69) is 5.10 Å². The molecule has 0 saturated heterocycles. The summed E-state index contributed by atoms with van der Waals surface area (Å²) in [6.45, 7) is 0. The van der Waals surface area contributed by atoms with Crippen LogP contribution < -0.4 is 0 Å². The highest BCUT2D eigenvalue weighted by Crippen LogP contribution is 1.88. The molecule has 0 saturated carbocycles. The van der Waals surface area contributed by atoms with Crippen LogP contribution in [0, 0.1) is 5.82 Å². The highest BCUT2D eigenvalue weighted by Gasteiger charge is 1.86. The molecule has 1 heterocycles. The molecule has 0 aromatic carbocycles. The van der Waals surface area contributed by atoms with Crippen LogP contribution in [0.25, 0.3) is 0 Å². The Balaban J connectivity index is 3.04. The van der Waals surface area contributed by atoms with Crippen LogP contribution in [-0.2, 0) is 7.05 Å². The number of nitrogens with zero attached hydrogens (tertiary/aromatic N) is 2. The zero-order valence-electron chi connectivity index (χ0n) is 3.93. The smallest absolute Gasteiger partial charge is 0.161 e. The fraction of sp³-hybridized carbons (Fsp3) is 0.250. The summed E-state index contributed by atoms with van der Waals surface area (Å²) in [7, 11) is 1.67. The van der Waals surface area contributed by atoms with Gasteiger partial charge in [-0.05, 0) is 0 Å². The predicted octanol–water partition coefficient (Wildman–Crippen LogP) is 0.559. The van der Waals surface area contributed by atoms with E-state index in [4.69, 9.17) is 0 Å². The maximum Gasteiger partial charge on any atom is 0.161 e. The number of aromatic nitrogens is 2. The van der Waals surface area contributed by atoms with Gasteiger partial charge in [-0.3, -0.25) is 4.68 Å². The van der Waals surface area contributed by atoms with Gasteiger partial charge < -0.3 is 0 Å². The normalized spacial score (nSPS) is 9.43. The monoisotopic (exact) mass is 100 g/mol. The van der Waals surface area contributed by atoms with Crippen LogP contribution >= 0.6 is 0 Å². The molecule has 2 nitrogen and oxygen atoms in total. The lowest BCUT2D eigenvalue weighted by molar-refractivity contribution is 0.625. The van der Waals surface area contributed by atoms with Crippen LogP contribution in [0.1, 0.15) is 0 Å². The lowest BCUT2D eigenvalue weighted by atomic mass is 10.7. The molecule has 0 unspecified atom stereocenters. The number of rotatable bonds is 0. The summed E-state index contributed by atoms with van der Waals surface area (Å²) in [4.78, 5) is 0. The number of aryl methyl sites for hydroxylation is 1. The highest BCUT2D eigenvalue weighted by molar-refractivity contribution is 4.81. The van der Waals surface area contributed by atoms with Gasteiger partial charge in [0.15, 0.2) is 5.82 Å². The van der Waals surface area contributed by atoms with E-state index in [1.54, 1.807) is 7.05 Å². The molecule has 3 heteroatoms. The van der Waals surface area contributed by atoms with E-state index in [0.717, 1.165) is 0 Å². The first-order valence-corrected chi connectivity index (χ1v) is 1.93. The zero-order valence-corrected chi connectivity index (χ0v) is 3.93. The van der Waals surface area contributed by atoms with Crippen molar-refractivity contribution in [1.29, 1.82) is 0 Å². The molecule has 0 aliphatic rings. The van der Waals surface area contributed by atoms with Gasteiger partial charge in [-0.25, -0.2) is 4.39 Å². The van der Waals surface area contributed by atoms with Gasteiger partial charge in [0, 0.05) is 7.05 Å². The predicted molar refractivity (Wildman–Crippen MR) is 23.2 cm³/mol. The lowest BCUT2D eigenvalue weighted by Crippen LogP contribution is -1.83. The number of halogens is 1. The van der Waals surface area contributed by atoms with Crippen LogP contribution in [0.2, 0.25) is 0 Å². The largest absolute Gasteiger partial charge is 0.273 e. The minimum Gasteiger partial charge on any atom is -0.273 e. The molecule has 0 spiro atoms. The van der Waals surface area contributed by atoms with Crippen LogP contribution in [0.5, 0.6) is 0 Å². The molecule has 0 N–H and O–H groups in total. The molecular formula is C4H5FN2. The van der Waals surface area contributed by atoms with E-state index >= 15 is 0 Å². The van der Waals surface area contributed by atoms with Crippen LogP contribution in [-0.4, -0.2) is 9.78 Å². The van der Waals surface area contributed by atoms with Crippen molar-refractivity contribution in [2.24, 2.45) is 7.05 Å². The second-order valence-corrected chi connectivity index (χ2v) is 1.33. The Morgan fingerprint density at radius 2 is 2.57 bits per heavy atom. The average molecular weight is 100 g/mol. The van der Waals surface area contributed by atoms with Crippen LogP contribution in [0.4, 0.5) is 4.39 Å². The van der Waals surface area contributed by atoms with Gasteiger partial charge in [-0.15, -0.1) is 0 Å². The first kappa shape index (κ1) is 4.30. The van der Waals surface area contributed by atoms with Crippen LogP contribution in [0.15, 0.2) is 12.4 Å². The molecule has 0 atom stereocenters. The molecule has 0 fully saturated rings. The van der Waals surface area contributed by atoms with Crippen molar-refractivity contribution >= 4 is 0 Å². The quantitative estimate of drug-likeness (QED) is 0.465. The second kappa shape index (κ2) is 1.33. The molecule has 1 aromatic heterocycles. The van der Waals surface area contributed by atoms with Gasteiger partial charge in [-0.1, -0.05) is 0 Å². The summed E-state index contributed by atoms with van der Waals surface area (Å²) >= 11 is 0. The maximum atomic E-state index is 11.8.